The summed E-state index contributed by atoms with van der Waals surface area (Å²) in [4.78, 5) is 12.8. The molecule has 0 fully saturated rings. The fourth-order valence-electron chi connectivity index (χ4n) is 3.36. The van der Waals surface area contributed by atoms with Gasteiger partial charge in [-0.2, -0.15) is 0 Å². The maximum absolute atomic E-state index is 12.8. The number of rotatable bonds is 7. The van der Waals surface area contributed by atoms with Crippen molar-refractivity contribution in [2.75, 3.05) is 0 Å². The molecule has 6 nitrogen and oxygen atoms in total. The molecule has 1 unspecified atom stereocenters. The van der Waals surface area contributed by atoms with Crippen LogP contribution in [0.5, 0.6) is 28.7 Å². The lowest BCUT2D eigenvalue weighted by Gasteiger charge is -2.27. The van der Waals surface area contributed by atoms with Crippen LogP contribution in [-0.4, -0.2) is 29.2 Å². The summed E-state index contributed by atoms with van der Waals surface area (Å²) in [5.41, 5.74) is 0.996. The topological polar surface area (TPSA) is 74.2 Å². The third kappa shape index (κ3) is 4.99. The Bertz CT molecular complexity index is 916. The molecule has 1 atom stereocenters. The molecule has 162 valence electrons. The SMILES string of the molecule is CC(C)Oc1cc(O)c2c(c1)OC(c1ccc(OC(C)C)c(OC(C)C)c1)CC2=O. The monoisotopic (exact) mass is 414 g/mol. The first-order valence-electron chi connectivity index (χ1n) is 10.3. The zero-order valence-electron chi connectivity index (χ0n) is 18.4. The Hall–Kier alpha value is -2.89. The van der Waals surface area contributed by atoms with Gasteiger partial charge in [0.1, 0.15) is 28.9 Å². The number of aromatic hydroxyl groups is 1. The summed E-state index contributed by atoms with van der Waals surface area (Å²) < 4.78 is 23.6. The minimum atomic E-state index is -0.499. The van der Waals surface area contributed by atoms with Crippen molar-refractivity contribution in [1.29, 1.82) is 0 Å². The molecule has 0 saturated heterocycles. The molecule has 3 rings (SSSR count). The first kappa shape index (κ1) is 21.8. The van der Waals surface area contributed by atoms with Gasteiger partial charge in [0, 0.05) is 12.1 Å². The average molecular weight is 414 g/mol. The Morgan fingerprint density at radius 2 is 1.53 bits per heavy atom. The molecule has 2 aromatic carbocycles. The molecule has 1 aliphatic rings. The summed E-state index contributed by atoms with van der Waals surface area (Å²) in [7, 11) is 0. The fourth-order valence-corrected chi connectivity index (χ4v) is 3.36. The highest BCUT2D eigenvalue weighted by Gasteiger charge is 2.31. The zero-order chi connectivity index (χ0) is 22.0. The van der Waals surface area contributed by atoms with Crippen molar-refractivity contribution in [2.45, 2.75) is 72.4 Å². The summed E-state index contributed by atoms with van der Waals surface area (Å²) in [5.74, 6) is 1.73. The largest absolute Gasteiger partial charge is 0.507 e. The van der Waals surface area contributed by atoms with Gasteiger partial charge in [-0.1, -0.05) is 6.07 Å². The predicted molar refractivity (Wildman–Crippen MR) is 114 cm³/mol. The molecule has 1 aliphatic heterocycles. The second kappa shape index (κ2) is 8.86. The minimum absolute atomic E-state index is 0.00658. The van der Waals surface area contributed by atoms with Crippen molar-refractivity contribution in [3.63, 3.8) is 0 Å². The van der Waals surface area contributed by atoms with E-state index >= 15 is 0 Å². The first-order chi connectivity index (χ1) is 14.1. The molecule has 0 aromatic heterocycles. The highest BCUT2D eigenvalue weighted by atomic mass is 16.5. The van der Waals surface area contributed by atoms with E-state index in [1.807, 2.05) is 59.7 Å². The Labute approximate surface area is 177 Å². The van der Waals surface area contributed by atoms with Crippen LogP contribution in [0, 0.1) is 0 Å². The Kier molecular flexibility index (Phi) is 6.44. The van der Waals surface area contributed by atoms with Gasteiger partial charge >= 0.3 is 0 Å². The number of fused-ring (bicyclic) bond motifs is 1. The molecule has 30 heavy (non-hydrogen) atoms. The van der Waals surface area contributed by atoms with Crippen molar-refractivity contribution in [3.8, 4) is 28.7 Å². The van der Waals surface area contributed by atoms with Crippen molar-refractivity contribution >= 4 is 5.78 Å². The van der Waals surface area contributed by atoms with Gasteiger partial charge < -0.3 is 24.1 Å². The number of hydrogen-bond donors (Lipinski definition) is 1. The minimum Gasteiger partial charge on any atom is -0.507 e. The Morgan fingerprint density at radius 1 is 0.900 bits per heavy atom. The van der Waals surface area contributed by atoms with Gasteiger partial charge in [0.25, 0.3) is 0 Å². The number of ether oxygens (including phenoxy) is 4. The van der Waals surface area contributed by atoms with Gasteiger partial charge in [0.2, 0.25) is 0 Å². The summed E-state index contributed by atoms with van der Waals surface area (Å²) >= 11 is 0. The van der Waals surface area contributed by atoms with Crippen LogP contribution < -0.4 is 18.9 Å². The van der Waals surface area contributed by atoms with Gasteiger partial charge in [-0.3, -0.25) is 4.79 Å². The second-order valence-electron chi connectivity index (χ2n) is 8.26. The quantitative estimate of drug-likeness (QED) is 0.648. The lowest BCUT2D eigenvalue weighted by molar-refractivity contribution is 0.0843. The molecular weight excluding hydrogens is 384 g/mol. The highest BCUT2D eigenvalue weighted by molar-refractivity contribution is 6.02. The van der Waals surface area contributed by atoms with Crippen LogP contribution in [0.1, 0.15) is 70.0 Å². The smallest absolute Gasteiger partial charge is 0.174 e. The van der Waals surface area contributed by atoms with Gasteiger partial charge in [0.15, 0.2) is 17.3 Å². The van der Waals surface area contributed by atoms with E-state index in [1.54, 1.807) is 6.07 Å². The number of carbonyl (C=O) groups is 1. The lowest BCUT2D eigenvalue weighted by Crippen LogP contribution is -2.21. The molecule has 0 spiro atoms. The van der Waals surface area contributed by atoms with E-state index in [0.717, 1.165) is 5.56 Å². The molecule has 6 heteroatoms. The van der Waals surface area contributed by atoms with Gasteiger partial charge in [0.05, 0.1) is 24.7 Å². The molecular formula is C24H30O6. The predicted octanol–water partition coefficient (Wildman–Crippen LogP) is 5.46. The number of benzene rings is 2. The normalized spacial score (nSPS) is 15.9. The molecule has 0 amide bonds. The van der Waals surface area contributed by atoms with Crippen molar-refractivity contribution in [1.82, 2.24) is 0 Å². The van der Waals surface area contributed by atoms with Crippen LogP contribution in [0.25, 0.3) is 0 Å². The highest BCUT2D eigenvalue weighted by Crippen LogP contribution is 2.43. The third-order valence-corrected chi connectivity index (χ3v) is 4.41. The van der Waals surface area contributed by atoms with E-state index in [4.69, 9.17) is 18.9 Å². The van der Waals surface area contributed by atoms with Crippen molar-refractivity contribution in [3.05, 3.63) is 41.5 Å². The van der Waals surface area contributed by atoms with E-state index in [9.17, 15) is 9.90 Å². The van der Waals surface area contributed by atoms with E-state index in [2.05, 4.69) is 0 Å². The molecule has 0 aliphatic carbocycles. The van der Waals surface area contributed by atoms with Crippen LogP contribution in [0.3, 0.4) is 0 Å². The van der Waals surface area contributed by atoms with Gasteiger partial charge in [-0.25, -0.2) is 0 Å². The lowest BCUT2D eigenvalue weighted by atomic mass is 9.95. The van der Waals surface area contributed by atoms with Gasteiger partial charge in [-0.15, -0.1) is 0 Å². The van der Waals surface area contributed by atoms with E-state index in [0.29, 0.717) is 23.0 Å². The number of carbonyl (C=O) groups excluding carboxylic acids is 1. The molecule has 1 heterocycles. The number of phenolic OH excluding ortho intramolecular Hbond substituents is 1. The van der Waals surface area contributed by atoms with E-state index in [-0.39, 0.29) is 41.8 Å². The molecule has 0 saturated carbocycles. The fraction of sp³-hybridized carbons (Fsp3) is 0.458. The standard InChI is InChI=1S/C24H30O6/c1-13(2)27-17-10-18(25)24-19(26)12-21(30-23(24)11-17)16-7-8-20(28-14(3)4)22(9-16)29-15(5)6/h7-11,13-15,21,25H,12H2,1-6H3. The summed E-state index contributed by atoms with van der Waals surface area (Å²) in [6, 6.07) is 8.68. The van der Waals surface area contributed by atoms with E-state index in [1.165, 1.54) is 6.07 Å². The number of Topliss-reactive ketones (excluding diaryl/α,β-unsaturated/α-hetero) is 1. The van der Waals surface area contributed by atoms with Crippen LogP contribution in [0.4, 0.5) is 0 Å². The summed E-state index contributed by atoms with van der Waals surface area (Å²) in [6.45, 7) is 11.6. The summed E-state index contributed by atoms with van der Waals surface area (Å²) in [6.07, 6.45) is -0.469. The summed E-state index contributed by atoms with van der Waals surface area (Å²) in [5, 5.41) is 10.3. The van der Waals surface area contributed by atoms with Crippen molar-refractivity contribution < 1.29 is 28.8 Å². The van der Waals surface area contributed by atoms with Gasteiger partial charge in [-0.05, 0) is 59.2 Å². The number of phenols is 1. The van der Waals surface area contributed by atoms with Crippen LogP contribution in [0.15, 0.2) is 30.3 Å². The Morgan fingerprint density at radius 3 is 2.17 bits per heavy atom. The van der Waals surface area contributed by atoms with Crippen molar-refractivity contribution in [2.24, 2.45) is 0 Å². The Balaban J connectivity index is 1.94. The molecule has 1 N–H and O–H groups in total. The molecule has 0 radical (unpaired) electrons. The average Bonchev–Trinajstić information content (AvgIpc) is 2.61. The zero-order valence-corrected chi connectivity index (χ0v) is 18.4. The van der Waals surface area contributed by atoms with E-state index < -0.39 is 6.10 Å². The number of ketones is 1. The maximum atomic E-state index is 12.8. The van der Waals surface area contributed by atoms with Crippen LogP contribution >= 0.6 is 0 Å². The second-order valence-corrected chi connectivity index (χ2v) is 8.26. The molecule has 0 bridgehead atoms. The third-order valence-electron chi connectivity index (χ3n) is 4.41. The molecule has 2 aromatic rings. The first-order valence-corrected chi connectivity index (χ1v) is 10.3. The van der Waals surface area contributed by atoms with Crippen LogP contribution in [-0.2, 0) is 0 Å². The maximum Gasteiger partial charge on any atom is 0.174 e. The van der Waals surface area contributed by atoms with Crippen LogP contribution in [0.2, 0.25) is 0 Å². The number of hydrogen-bond acceptors (Lipinski definition) is 6.